The molecule has 0 atom stereocenters. The highest BCUT2D eigenvalue weighted by molar-refractivity contribution is 8.08. The van der Waals surface area contributed by atoms with Gasteiger partial charge in [-0.05, 0) is 0 Å². The molecule has 0 aliphatic carbocycles. The van der Waals surface area contributed by atoms with Gasteiger partial charge < -0.3 is 0 Å². The standard InChI is InChI=1S/C3H7NO6S2/c1-11(7,8)3(4(5)6)12(2,9)10/h3H,1-2H3. The zero-order chi connectivity index (χ0) is 10.2. The molecule has 7 nitrogen and oxygen atoms in total. The number of nitrogens with zero attached hydrogens (tertiary/aromatic N) is 1. The molecule has 0 N–H and O–H groups in total. The first-order valence-corrected chi connectivity index (χ1v) is 6.49. The Kier molecular flexibility index (Phi) is 2.80. The molecule has 0 aromatic carbocycles. The number of hydrogen-bond acceptors (Lipinski definition) is 6. The number of nitro groups is 1. The molecule has 0 aliphatic rings. The fraction of sp³-hybridized carbons (Fsp3) is 1.00. The molecular formula is C3H7NO6S2. The molecule has 0 unspecified atom stereocenters. The Balaban J connectivity index is 5.42. The first kappa shape index (κ1) is 11.3. The summed E-state index contributed by atoms with van der Waals surface area (Å²) in [6.45, 7) is 0. The van der Waals surface area contributed by atoms with Crippen LogP contribution in [0.3, 0.4) is 0 Å². The SMILES string of the molecule is CS(=O)(=O)C([N+](=O)[O-])S(C)(=O)=O. The Morgan fingerprint density at radius 1 is 1.08 bits per heavy atom. The van der Waals surface area contributed by atoms with Crippen molar-refractivity contribution >= 4 is 19.7 Å². The van der Waals surface area contributed by atoms with Gasteiger partial charge in [0.2, 0.25) is 19.7 Å². The van der Waals surface area contributed by atoms with E-state index < -0.39 is 29.3 Å². The van der Waals surface area contributed by atoms with Gasteiger partial charge in [-0.3, -0.25) is 10.1 Å². The molecule has 0 heterocycles. The van der Waals surface area contributed by atoms with Gasteiger partial charge in [0.05, 0.1) is 4.92 Å². The van der Waals surface area contributed by atoms with Crippen LogP contribution < -0.4 is 0 Å². The molecule has 0 saturated carbocycles. The zero-order valence-electron chi connectivity index (χ0n) is 6.29. The van der Waals surface area contributed by atoms with Crippen LogP contribution in [0.4, 0.5) is 0 Å². The molecule has 0 bridgehead atoms. The molecule has 0 aliphatic heterocycles. The minimum Gasteiger partial charge on any atom is -0.262 e. The van der Waals surface area contributed by atoms with Crippen LogP contribution >= 0.6 is 0 Å². The molecule has 12 heavy (non-hydrogen) atoms. The first-order chi connectivity index (χ1) is 5.07. The summed E-state index contributed by atoms with van der Waals surface area (Å²) in [5.74, 6) is 0. The van der Waals surface area contributed by atoms with E-state index in [9.17, 15) is 26.9 Å². The lowest BCUT2D eigenvalue weighted by atomic mass is 11.5. The van der Waals surface area contributed by atoms with E-state index in [2.05, 4.69) is 0 Å². The lowest BCUT2D eigenvalue weighted by Gasteiger charge is -2.03. The first-order valence-electron chi connectivity index (χ1n) is 2.58. The Morgan fingerprint density at radius 2 is 1.33 bits per heavy atom. The Hall–Kier alpha value is -0.700. The minimum atomic E-state index is -4.21. The molecule has 0 saturated heterocycles. The largest absolute Gasteiger partial charge is 0.406 e. The van der Waals surface area contributed by atoms with Gasteiger partial charge in [-0.25, -0.2) is 16.8 Å². The van der Waals surface area contributed by atoms with E-state index in [4.69, 9.17) is 0 Å². The number of hydrogen-bond donors (Lipinski definition) is 0. The van der Waals surface area contributed by atoms with Crippen LogP contribution in [-0.2, 0) is 19.7 Å². The maximum atomic E-state index is 10.6. The monoisotopic (exact) mass is 217 g/mol. The van der Waals surface area contributed by atoms with E-state index >= 15 is 0 Å². The number of sulfone groups is 2. The summed E-state index contributed by atoms with van der Waals surface area (Å²) < 4.78 is 39.8. The van der Waals surface area contributed by atoms with E-state index in [0.29, 0.717) is 12.5 Å². The highest BCUT2D eigenvalue weighted by Gasteiger charge is 2.42. The van der Waals surface area contributed by atoms with E-state index in [1.54, 1.807) is 0 Å². The average Bonchev–Trinajstić information content (AvgIpc) is 1.49. The van der Waals surface area contributed by atoms with E-state index in [1.807, 2.05) is 0 Å². The quantitative estimate of drug-likeness (QED) is 0.426. The van der Waals surface area contributed by atoms with Gasteiger partial charge >= 0.3 is 4.71 Å². The van der Waals surface area contributed by atoms with Gasteiger partial charge in [0.1, 0.15) is 0 Å². The summed E-state index contributed by atoms with van der Waals surface area (Å²) >= 11 is 0. The van der Waals surface area contributed by atoms with Crippen LogP contribution in [0.15, 0.2) is 0 Å². The van der Waals surface area contributed by atoms with Crippen molar-refractivity contribution in [1.82, 2.24) is 0 Å². The van der Waals surface area contributed by atoms with Gasteiger partial charge in [0.15, 0.2) is 0 Å². The zero-order valence-corrected chi connectivity index (χ0v) is 7.92. The molecule has 0 amide bonds. The fourth-order valence-electron chi connectivity index (χ4n) is 0.630. The van der Waals surface area contributed by atoms with Gasteiger partial charge in [-0.1, -0.05) is 0 Å². The van der Waals surface area contributed by atoms with Crippen LogP contribution in [0.1, 0.15) is 0 Å². The second-order valence-corrected chi connectivity index (χ2v) is 6.76. The van der Waals surface area contributed by atoms with Crippen molar-refractivity contribution in [1.29, 1.82) is 0 Å². The normalized spacial score (nSPS) is 13.2. The van der Waals surface area contributed by atoms with Gasteiger partial charge in [-0.2, -0.15) is 0 Å². The second-order valence-electron chi connectivity index (χ2n) is 2.25. The summed E-state index contributed by atoms with van der Waals surface area (Å²) in [7, 11) is -8.42. The van der Waals surface area contributed by atoms with Crippen molar-refractivity contribution in [3.8, 4) is 0 Å². The smallest absolute Gasteiger partial charge is 0.262 e. The molecular weight excluding hydrogens is 210 g/mol. The Morgan fingerprint density at radius 3 is 1.33 bits per heavy atom. The van der Waals surface area contributed by atoms with Crippen LogP contribution in [0.5, 0.6) is 0 Å². The van der Waals surface area contributed by atoms with Crippen molar-refractivity contribution in [3.05, 3.63) is 10.1 Å². The molecule has 0 aromatic rings. The summed E-state index contributed by atoms with van der Waals surface area (Å²) in [5.41, 5.74) is 0. The van der Waals surface area contributed by atoms with Crippen molar-refractivity contribution in [3.63, 3.8) is 0 Å². The molecule has 0 radical (unpaired) electrons. The molecule has 0 rings (SSSR count). The highest BCUT2D eigenvalue weighted by Crippen LogP contribution is 2.07. The summed E-state index contributed by atoms with van der Waals surface area (Å²) in [5, 5.41) is 10.0. The Labute approximate surface area is 69.4 Å². The van der Waals surface area contributed by atoms with Crippen LogP contribution in [0.25, 0.3) is 0 Å². The third-order valence-electron chi connectivity index (χ3n) is 0.905. The third kappa shape index (κ3) is 2.74. The van der Waals surface area contributed by atoms with Crippen LogP contribution in [0.2, 0.25) is 0 Å². The number of rotatable bonds is 3. The average molecular weight is 217 g/mol. The van der Waals surface area contributed by atoms with Crippen molar-refractivity contribution < 1.29 is 21.8 Å². The van der Waals surface area contributed by atoms with Crippen molar-refractivity contribution in [2.75, 3.05) is 12.5 Å². The van der Waals surface area contributed by atoms with Crippen molar-refractivity contribution in [2.45, 2.75) is 4.71 Å². The molecule has 0 fully saturated rings. The molecule has 9 heteroatoms. The summed E-state index contributed by atoms with van der Waals surface area (Å²) in [4.78, 5) is 8.70. The van der Waals surface area contributed by atoms with Gasteiger partial charge in [0.25, 0.3) is 0 Å². The molecule has 72 valence electrons. The fourth-order valence-corrected chi connectivity index (χ4v) is 3.80. The van der Waals surface area contributed by atoms with Crippen LogP contribution in [0, 0.1) is 10.1 Å². The van der Waals surface area contributed by atoms with Crippen molar-refractivity contribution in [2.24, 2.45) is 0 Å². The minimum absolute atomic E-state index is 0.502. The van der Waals surface area contributed by atoms with Crippen LogP contribution in [-0.4, -0.2) is 39.0 Å². The van der Waals surface area contributed by atoms with E-state index in [0.717, 1.165) is 0 Å². The third-order valence-corrected chi connectivity index (χ3v) is 4.81. The lowest BCUT2D eigenvalue weighted by molar-refractivity contribution is -0.474. The van der Waals surface area contributed by atoms with E-state index in [1.165, 1.54) is 0 Å². The molecule has 0 aromatic heterocycles. The van der Waals surface area contributed by atoms with Gasteiger partial charge in [0, 0.05) is 12.5 Å². The van der Waals surface area contributed by atoms with E-state index in [-0.39, 0.29) is 0 Å². The maximum absolute atomic E-state index is 10.6. The molecule has 0 spiro atoms. The lowest BCUT2D eigenvalue weighted by Crippen LogP contribution is -2.36. The maximum Gasteiger partial charge on any atom is 0.406 e. The summed E-state index contributed by atoms with van der Waals surface area (Å²) in [6.07, 6.45) is 1.00. The Bertz CT molecular complexity index is 345. The second kappa shape index (κ2) is 2.98. The predicted octanol–water partition coefficient (Wildman–Crippen LogP) is -1.36. The van der Waals surface area contributed by atoms with Gasteiger partial charge in [-0.15, -0.1) is 0 Å². The summed E-state index contributed by atoms with van der Waals surface area (Å²) in [6, 6.07) is 0. The topological polar surface area (TPSA) is 111 Å². The predicted molar refractivity (Wildman–Crippen MR) is 40.5 cm³/mol. The highest BCUT2D eigenvalue weighted by atomic mass is 32.3.